The largest absolute Gasteiger partial charge is 0.350 e. The molecule has 2 aromatic carbocycles. The molecule has 0 bridgehead atoms. The smallest absolute Gasteiger partial charge is 0.251 e. The summed E-state index contributed by atoms with van der Waals surface area (Å²) in [4.78, 5) is 14.5. The van der Waals surface area contributed by atoms with Crippen molar-refractivity contribution in [2.24, 2.45) is 0 Å². The molecule has 0 aliphatic carbocycles. The summed E-state index contributed by atoms with van der Waals surface area (Å²) in [5, 5.41) is 3.63. The molecule has 0 spiro atoms. The van der Waals surface area contributed by atoms with E-state index in [-0.39, 0.29) is 11.9 Å². The Morgan fingerprint density at radius 3 is 2.32 bits per heavy atom. The molecule has 2 aromatic rings. The van der Waals surface area contributed by atoms with E-state index >= 15 is 0 Å². The van der Waals surface area contributed by atoms with Gasteiger partial charge in [0.1, 0.15) is 0 Å². The van der Waals surface area contributed by atoms with Crippen LogP contribution in [0.25, 0.3) is 0 Å². The first-order valence-corrected chi connectivity index (χ1v) is 11.2. The van der Waals surface area contributed by atoms with Crippen LogP contribution in [-0.4, -0.2) is 52.7 Å². The zero-order chi connectivity index (χ0) is 20.7. The third kappa shape index (κ3) is 6.91. The number of carbonyl (C=O) groups excluding carboxylic acids is 1. The van der Waals surface area contributed by atoms with Gasteiger partial charge < -0.3 is 10.2 Å². The van der Waals surface area contributed by atoms with Crippen molar-refractivity contribution in [3.8, 4) is 0 Å². The normalized spacial score (nSPS) is 12.8. The molecule has 1 atom stereocenters. The molecule has 6 nitrogen and oxygen atoms in total. The van der Waals surface area contributed by atoms with Crippen LogP contribution in [0.2, 0.25) is 5.02 Å². The fraction of sp³-hybridized carbons (Fsp3) is 0.350. The first-order valence-electron chi connectivity index (χ1n) is 8.90. The van der Waals surface area contributed by atoms with Crippen molar-refractivity contribution in [3.05, 3.63) is 70.2 Å². The van der Waals surface area contributed by atoms with Gasteiger partial charge in [0.15, 0.2) is 0 Å². The van der Waals surface area contributed by atoms with Crippen molar-refractivity contribution < 1.29 is 13.2 Å². The van der Waals surface area contributed by atoms with Crippen LogP contribution in [0, 0.1) is 0 Å². The summed E-state index contributed by atoms with van der Waals surface area (Å²) >= 11 is 6.30. The second-order valence-electron chi connectivity index (χ2n) is 6.82. The van der Waals surface area contributed by atoms with E-state index in [1.54, 1.807) is 12.1 Å². The lowest BCUT2D eigenvalue weighted by molar-refractivity contribution is 0.0942. The fourth-order valence-electron chi connectivity index (χ4n) is 2.81. The maximum absolute atomic E-state index is 12.5. The van der Waals surface area contributed by atoms with Crippen LogP contribution in [-0.2, 0) is 16.4 Å². The van der Waals surface area contributed by atoms with Gasteiger partial charge in [0, 0.05) is 23.7 Å². The average molecular weight is 424 g/mol. The molecule has 0 aromatic heterocycles. The van der Waals surface area contributed by atoms with E-state index in [0.29, 0.717) is 30.1 Å². The number of likely N-dealkylation sites (N-methyl/N-ethyl adjacent to an activating group) is 1. The molecule has 1 unspecified atom stereocenters. The van der Waals surface area contributed by atoms with Crippen LogP contribution in [0.1, 0.15) is 27.5 Å². The Labute approximate surface area is 171 Å². The number of nitrogens with zero attached hydrogens (tertiary/aromatic N) is 1. The van der Waals surface area contributed by atoms with Gasteiger partial charge in [-0.05, 0) is 49.8 Å². The number of amides is 1. The molecule has 0 saturated heterocycles. The molecule has 152 valence electrons. The third-order valence-corrected chi connectivity index (χ3v) is 5.41. The van der Waals surface area contributed by atoms with Crippen LogP contribution in [0.4, 0.5) is 0 Å². The van der Waals surface area contributed by atoms with E-state index in [0.717, 1.165) is 17.4 Å². The van der Waals surface area contributed by atoms with E-state index in [1.807, 2.05) is 55.4 Å². The summed E-state index contributed by atoms with van der Waals surface area (Å²) in [6.07, 6.45) is 1.69. The molecule has 28 heavy (non-hydrogen) atoms. The summed E-state index contributed by atoms with van der Waals surface area (Å²) in [6, 6.07) is 14.7. The van der Waals surface area contributed by atoms with Gasteiger partial charge in [0.2, 0.25) is 10.0 Å². The lowest BCUT2D eigenvalue weighted by Gasteiger charge is -2.26. The molecule has 2 rings (SSSR count). The van der Waals surface area contributed by atoms with Crippen molar-refractivity contribution >= 4 is 27.5 Å². The van der Waals surface area contributed by atoms with E-state index < -0.39 is 10.0 Å². The monoisotopic (exact) mass is 423 g/mol. The van der Waals surface area contributed by atoms with Gasteiger partial charge in [-0.1, -0.05) is 41.9 Å². The van der Waals surface area contributed by atoms with E-state index in [9.17, 15) is 13.2 Å². The quantitative estimate of drug-likeness (QED) is 0.649. The van der Waals surface area contributed by atoms with Gasteiger partial charge >= 0.3 is 0 Å². The molecule has 0 aliphatic rings. The predicted molar refractivity (Wildman–Crippen MR) is 113 cm³/mol. The van der Waals surface area contributed by atoms with Crippen LogP contribution in [0.3, 0.4) is 0 Å². The Morgan fingerprint density at radius 2 is 1.75 bits per heavy atom. The first kappa shape index (κ1) is 22.4. The molecule has 0 radical (unpaired) electrons. The summed E-state index contributed by atoms with van der Waals surface area (Å²) in [7, 11) is 0.696. The number of benzene rings is 2. The standard InChI is InChI=1S/C20H26ClN3O3S/c1-24(2)19(17-6-4-5-7-18(17)21)14-22-20(25)16-10-8-15(9-11-16)12-13-23-28(3,26)27/h4-11,19,23H,12-14H2,1-3H3,(H,22,25). The first-order chi connectivity index (χ1) is 13.2. The fourth-order valence-corrected chi connectivity index (χ4v) is 3.55. The van der Waals surface area contributed by atoms with E-state index in [2.05, 4.69) is 10.0 Å². The molecule has 2 N–H and O–H groups in total. The number of carbonyl (C=O) groups is 1. The molecule has 1 amide bonds. The predicted octanol–water partition coefficient (Wildman–Crippen LogP) is 2.46. The highest BCUT2D eigenvalue weighted by atomic mass is 35.5. The molecule has 0 saturated carbocycles. The third-order valence-electron chi connectivity index (χ3n) is 4.34. The average Bonchev–Trinajstić information content (AvgIpc) is 2.62. The van der Waals surface area contributed by atoms with Crippen LogP contribution in [0.5, 0.6) is 0 Å². The Morgan fingerprint density at radius 1 is 1.11 bits per heavy atom. The minimum atomic E-state index is -3.19. The minimum absolute atomic E-state index is 0.0426. The number of nitrogens with one attached hydrogen (secondary N) is 2. The maximum atomic E-state index is 12.5. The van der Waals surface area contributed by atoms with Crippen LogP contribution >= 0.6 is 11.6 Å². The summed E-state index contributed by atoms with van der Waals surface area (Å²) in [5.74, 6) is -0.167. The molecular weight excluding hydrogens is 398 g/mol. The number of sulfonamides is 1. The number of hydrogen-bond acceptors (Lipinski definition) is 4. The minimum Gasteiger partial charge on any atom is -0.350 e. The van der Waals surface area contributed by atoms with E-state index in [1.165, 1.54) is 0 Å². The highest BCUT2D eigenvalue weighted by Gasteiger charge is 2.18. The van der Waals surface area contributed by atoms with E-state index in [4.69, 9.17) is 11.6 Å². The molecule has 0 fully saturated rings. The Balaban J connectivity index is 1.95. The number of hydrogen-bond donors (Lipinski definition) is 2. The zero-order valence-electron chi connectivity index (χ0n) is 16.3. The van der Waals surface area contributed by atoms with Crippen LogP contribution in [0.15, 0.2) is 48.5 Å². The highest BCUT2D eigenvalue weighted by molar-refractivity contribution is 7.88. The molecular formula is C20H26ClN3O3S. The van der Waals surface area contributed by atoms with Gasteiger partial charge in [-0.25, -0.2) is 13.1 Å². The van der Waals surface area contributed by atoms with Crippen molar-refractivity contribution in [3.63, 3.8) is 0 Å². The van der Waals surface area contributed by atoms with Gasteiger partial charge in [-0.2, -0.15) is 0 Å². The van der Waals surface area contributed by atoms with Gasteiger partial charge in [-0.3, -0.25) is 4.79 Å². The molecule has 0 heterocycles. The Hall–Kier alpha value is -1.93. The molecule has 8 heteroatoms. The number of halogens is 1. The maximum Gasteiger partial charge on any atom is 0.251 e. The van der Waals surface area contributed by atoms with Crippen molar-refractivity contribution in [2.45, 2.75) is 12.5 Å². The lowest BCUT2D eigenvalue weighted by atomic mass is 10.1. The zero-order valence-corrected chi connectivity index (χ0v) is 17.8. The topological polar surface area (TPSA) is 78.5 Å². The SMILES string of the molecule is CN(C)C(CNC(=O)c1ccc(CCNS(C)(=O)=O)cc1)c1ccccc1Cl. The second-order valence-corrected chi connectivity index (χ2v) is 9.06. The lowest BCUT2D eigenvalue weighted by Crippen LogP contribution is -2.34. The Bertz CT molecular complexity index is 899. The van der Waals surface area contributed by atoms with Gasteiger partial charge in [0.05, 0.1) is 12.3 Å². The van der Waals surface area contributed by atoms with Crippen molar-refractivity contribution in [1.29, 1.82) is 0 Å². The summed E-state index contributed by atoms with van der Waals surface area (Å²) in [5.41, 5.74) is 2.47. The van der Waals surface area contributed by atoms with Gasteiger partial charge in [0.25, 0.3) is 5.91 Å². The van der Waals surface area contributed by atoms with Crippen molar-refractivity contribution in [1.82, 2.24) is 14.9 Å². The Kier molecular flexibility index (Phi) is 8.00. The summed E-state index contributed by atoms with van der Waals surface area (Å²) in [6.45, 7) is 0.752. The summed E-state index contributed by atoms with van der Waals surface area (Å²) < 4.78 is 24.6. The second kappa shape index (κ2) is 10.0. The molecule has 0 aliphatic heterocycles. The number of rotatable bonds is 9. The van der Waals surface area contributed by atoms with Crippen molar-refractivity contribution in [2.75, 3.05) is 33.4 Å². The highest BCUT2D eigenvalue weighted by Crippen LogP contribution is 2.25. The van der Waals surface area contributed by atoms with Crippen LogP contribution < -0.4 is 10.0 Å². The van der Waals surface area contributed by atoms with Gasteiger partial charge in [-0.15, -0.1) is 0 Å².